The number of hydrogen-bond acceptors (Lipinski definition) is 3. The molecule has 2 rings (SSSR count). The molecule has 0 aromatic heterocycles. The first-order valence-electron chi connectivity index (χ1n) is 9.09. The zero-order chi connectivity index (χ0) is 15.5. The summed E-state index contributed by atoms with van der Waals surface area (Å²) in [6.45, 7) is 7.11. The molecule has 0 aromatic carbocycles. The molecular weight excluding hydrogens is 258 g/mol. The Morgan fingerprint density at radius 1 is 1.14 bits per heavy atom. The molecule has 0 heterocycles. The van der Waals surface area contributed by atoms with Gasteiger partial charge in [-0.25, -0.2) is 0 Å². The van der Waals surface area contributed by atoms with Crippen LogP contribution >= 0.6 is 0 Å². The number of hydrogen-bond donors (Lipinski definition) is 1. The number of nitrogens with one attached hydrogen (secondary N) is 1. The summed E-state index contributed by atoms with van der Waals surface area (Å²) in [5.41, 5.74) is 0.449. The first-order chi connectivity index (χ1) is 9.98. The molecule has 0 spiro atoms. The molecule has 0 bridgehead atoms. The zero-order valence-corrected chi connectivity index (χ0v) is 15.0. The van der Waals surface area contributed by atoms with Crippen molar-refractivity contribution in [2.75, 3.05) is 34.2 Å². The first kappa shape index (κ1) is 17.2. The van der Waals surface area contributed by atoms with Crippen LogP contribution in [0.4, 0.5) is 0 Å². The Morgan fingerprint density at radius 2 is 1.86 bits per heavy atom. The highest BCUT2D eigenvalue weighted by atomic mass is 15.3. The van der Waals surface area contributed by atoms with E-state index in [0.717, 1.165) is 12.0 Å². The molecule has 1 N–H and O–H groups in total. The Kier molecular flexibility index (Phi) is 6.10. The van der Waals surface area contributed by atoms with Crippen LogP contribution in [0.2, 0.25) is 0 Å². The predicted molar refractivity (Wildman–Crippen MR) is 91.8 cm³/mol. The van der Waals surface area contributed by atoms with E-state index in [1.165, 1.54) is 58.0 Å². The molecule has 0 saturated heterocycles. The van der Waals surface area contributed by atoms with Gasteiger partial charge in [-0.05, 0) is 78.6 Å². The molecule has 0 radical (unpaired) electrons. The van der Waals surface area contributed by atoms with Crippen LogP contribution in [0.1, 0.15) is 58.8 Å². The zero-order valence-electron chi connectivity index (χ0n) is 15.0. The van der Waals surface area contributed by atoms with Gasteiger partial charge in [-0.3, -0.25) is 0 Å². The lowest BCUT2D eigenvalue weighted by molar-refractivity contribution is 0.00155. The highest BCUT2D eigenvalue weighted by Gasteiger charge is 2.42. The van der Waals surface area contributed by atoms with E-state index in [1.54, 1.807) is 0 Å². The Morgan fingerprint density at radius 3 is 2.38 bits per heavy atom. The summed E-state index contributed by atoms with van der Waals surface area (Å²) in [6, 6.07) is 1.42. The monoisotopic (exact) mass is 295 g/mol. The second-order valence-corrected chi connectivity index (χ2v) is 7.93. The summed E-state index contributed by atoms with van der Waals surface area (Å²) in [4.78, 5) is 5.16. The molecule has 3 unspecified atom stereocenters. The Balaban J connectivity index is 1.97. The van der Waals surface area contributed by atoms with Crippen molar-refractivity contribution in [1.29, 1.82) is 0 Å². The van der Waals surface area contributed by atoms with E-state index in [1.807, 2.05) is 0 Å². The van der Waals surface area contributed by atoms with Gasteiger partial charge in [0.05, 0.1) is 0 Å². The third kappa shape index (κ3) is 4.00. The van der Waals surface area contributed by atoms with Crippen molar-refractivity contribution in [2.24, 2.45) is 5.92 Å². The minimum atomic E-state index is 0.449. The van der Waals surface area contributed by atoms with E-state index >= 15 is 0 Å². The molecule has 21 heavy (non-hydrogen) atoms. The summed E-state index contributed by atoms with van der Waals surface area (Å²) in [6.07, 6.45) is 9.51. The Hall–Kier alpha value is -0.120. The fourth-order valence-electron chi connectivity index (χ4n) is 4.32. The van der Waals surface area contributed by atoms with Gasteiger partial charge in [0, 0.05) is 24.2 Å². The lowest BCUT2D eigenvalue weighted by atomic mass is 9.74. The molecule has 0 amide bonds. The lowest BCUT2D eigenvalue weighted by Gasteiger charge is -2.52. The van der Waals surface area contributed by atoms with E-state index in [0.29, 0.717) is 11.6 Å². The lowest BCUT2D eigenvalue weighted by Crippen LogP contribution is -2.61. The van der Waals surface area contributed by atoms with Crippen LogP contribution in [0, 0.1) is 5.92 Å². The maximum Gasteiger partial charge on any atom is 0.0330 e. The van der Waals surface area contributed by atoms with Gasteiger partial charge in [0.25, 0.3) is 0 Å². The molecular formula is C18H37N3. The van der Waals surface area contributed by atoms with Crippen molar-refractivity contribution >= 4 is 0 Å². The maximum absolute atomic E-state index is 3.82. The van der Waals surface area contributed by atoms with Crippen LogP contribution in [0.25, 0.3) is 0 Å². The smallest absolute Gasteiger partial charge is 0.0330 e. The fraction of sp³-hybridized carbons (Fsp3) is 1.00. The Labute approximate surface area is 132 Å². The molecule has 3 atom stereocenters. The van der Waals surface area contributed by atoms with E-state index in [4.69, 9.17) is 0 Å². The molecule has 0 aromatic rings. The van der Waals surface area contributed by atoms with E-state index in [2.05, 4.69) is 50.1 Å². The summed E-state index contributed by atoms with van der Waals surface area (Å²) >= 11 is 0. The van der Waals surface area contributed by atoms with Gasteiger partial charge >= 0.3 is 0 Å². The number of likely N-dealkylation sites (N-methyl/N-ethyl adjacent to an activating group) is 2. The van der Waals surface area contributed by atoms with Gasteiger partial charge in [0.2, 0.25) is 0 Å². The summed E-state index contributed by atoms with van der Waals surface area (Å²) in [5, 5.41) is 3.82. The van der Waals surface area contributed by atoms with Crippen LogP contribution in [-0.2, 0) is 0 Å². The van der Waals surface area contributed by atoms with E-state index in [9.17, 15) is 0 Å². The van der Waals surface area contributed by atoms with Gasteiger partial charge in [-0.1, -0.05) is 13.8 Å². The molecule has 3 heteroatoms. The second-order valence-electron chi connectivity index (χ2n) is 7.93. The minimum Gasteiger partial charge on any atom is -0.312 e. The predicted octanol–water partition coefficient (Wildman–Crippen LogP) is 2.96. The van der Waals surface area contributed by atoms with Crippen molar-refractivity contribution in [3.63, 3.8) is 0 Å². The van der Waals surface area contributed by atoms with Crippen LogP contribution in [0.15, 0.2) is 0 Å². The Bertz CT molecular complexity index is 310. The van der Waals surface area contributed by atoms with E-state index in [-0.39, 0.29) is 0 Å². The van der Waals surface area contributed by atoms with Crippen LogP contribution in [0.3, 0.4) is 0 Å². The average Bonchev–Trinajstić information content (AvgIpc) is 2.40. The van der Waals surface area contributed by atoms with Gasteiger partial charge in [-0.15, -0.1) is 0 Å². The molecule has 0 aliphatic heterocycles. The van der Waals surface area contributed by atoms with Crippen LogP contribution in [0.5, 0.6) is 0 Å². The molecule has 124 valence electrons. The second kappa shape index (κ2) is 7.43. The summed E-state index contributed by atoms with van der Waals surface area (Å²) in [5.74, 6) is 0.883. The average molecular weight is 296 g/mol. The topological polar surface area (TPSA) is 18.5 Å². The molecule has 2 aliphatic rings. The molecule has 3 nitrogen and oxygen atoms in total. The van der Waals surface area contributed by atoms with Crippen molar-refractivity contribution in [2.45, 2.75) is 76.4 Å². The van der Waals surface area contributed by atoms with Crippen LogP contribution in [-0.4, -0.2) is 61.7 Å². The van der Waals surface area contributed by atoms with Gasteiger partial charge in [-0.2, -0.15) is 0 Å². The molecule has 2 saturated carbocycles. The maximum atomic E-state index is 3.82. The van der Waals surface area contributed by atoms with Gasteiger partial charge < -0.3 is 15.1 Å². The van der Waals surface area contributed by atoms with Crippen molar-refractivity contribution in [3.8, 4) is 0 Å². The molecule has 2 fully saturated rings. The van der Waals surface area contributed by atoms with Crippen molar-refractivity contribution in [1.82, 2.24) is 15.1 Å². The number of rotatable bonds is 7. The highest BCUT2D eigenvalue weighted by Crippen LogP contribution is 2.38. The summed E-state index contributed by atoms with van der Waals surface area (Å²) in [7, 11) is 6.90. The molecule has 2 aliphatic carbocycles. The SMILES string of the molecule is CCCNC1CCC(C)CC1N(C)CC1(N(C)C)CCC1. The third-order valence-electron chi connectivity index (χ3n) is 6.08. The van der Waals surface area contributed by atoms with Gasteiger partial charge in [0.15, 0.2) is 0 Å². The minimum absolute atomic E-state index is 0.449. The first-order valence-corrected chi connectivity index (χ1v) is 9.09. The van der Waals surface area contributed by atoms with Crippen molar-refractivity contribution < 1.29 is 0 Å². The summed E-state index contributed by atoms with van der Waals surface area (Å²) < 4.78 is 0. The van der Waals surface area contributed by atoms with Crippen molar-refractivity contribution in [3.05, 3.63) is 0 Å². The number of nitrogens with zero attached hydrogens (tertiary/aromatic N) is 2. The van der Waals surface area contributed by atoms with E-state index < -0.39 is 0 Å². The standard InChI is InChI=1S/C18H37N3/c1-6-12-19-16-9-8-15(2)13-17(16)21(5)14-18(20(3)4)10-7-11-18/h15-17,19H,6-14H2,1-5H3. The van der Waals surface area contributed by atoms with Crippen LogP contribution < -0.4 is 5.32 Å². The quantitative estimate of drug-likeness (QED) is 0.779. The highest BCUT2D eigenvalue weighted by molar-refractivity contribution is 5.00. The normalized spacial score (nSPS) is 32.4. The fourth-order valence-corrected chi connectivity index (χ4v) is 4.32. The van der Waals surface area contributed by atoms with Gasteiger partial charge in [0.1, 0.15) is 0 Å². The third-order valence-corrected chi connectivity index (χ3v) is 6.08. The largest absolute Gasteiger partial charge is 0.312 e.